The molecule has 8 heteroatoms. The van der Waals surface area contributed by atoms with Crippen LogP contribution in [-0.2, 0) is 4.79 Å². The van der Waals surface area contributed by atoms with Gasteiger partial charge in [-0.1, -0.05) is 0 Å². The minimum atomic E-state index is -0.427. The smallest absolute Gasteiger partial charge is 0.334 e. The van der Waals surface area contributed by atoms with Gasteiger partial charge in [0, 0.05) is 12.6 Å². The molecule has 4 rings (SSSR count). The van der Waals surface area contributed by atoms with Crippen LogP contribution in [0.5, 0.6) is 11.5 Å². The van der Waals surface area contributed by atoms with Gasteiger partial charge in [-0.3, -0.25) is 0 Å². The number of ether oxygens (including phenoxy) is 2. The summed E-state index contributed by atoms with van der Waals surface area (Å²) >= 11 is 1.54. The number of anilines is 1. The van der Waals surface area contributed by atoms with E-state index in [0.29, 0.717) is 23.5 Å². The maximum Gasteiger partial charge on any atom is 0.334 e. The molecule has 1 atom stereocenters. The van der Waals surface area contributed by atoms with E-state index in [1.54, 1.807) is 29.5 Å². The number of rotatable bonds is 4. The Labute approximate surface area is 159 Å². The number of thiophene rings is 1. The van der Waals surface area contributed by atoms with Crippen molar-refractivity contribution in [2.75, 3.05) is 18.6 Å². The van der Waals surface area contributed by atoms with Crippen molar-refractivity contribution in [1.29, 1.82) is 5.26 Å². The Morgan fingerprint density at radius 1 is 1.33 bits per heavy atom. The molecule has 7 nitrogen and oxygen atoms in total. The van der Waals surface area contributed by atoms with Crippen LogP contribution in [0.2, 0.25) is 0 Å². The molecule has 0 saturated carbocycles. The van der Waals surface area contributed by atoms with Gasteiger partial charge in [0.25, 0.3) is 0 Å². The predicted molar refractivity (Wildman–Crippen MR) is 101 cm³/mol. The first-order valence-corrected chi connectivity index (χ1v) is 9.34. The highest BCUT2D eigenvalue weighted by Gasteiger charge is 2.34. The monoisotopic (exact) mass is 380 g/mol. The maximum absolute atomic E-state index is 12.9. The van der Waals surface area contributed by atoms with Gasteiger partial charge in [-0.15, -0.1) is 11.3 Å². The highest BCUT2D eigenvalue weighted by Crippen LogP contribution is 2.33. The molecule has 1 aliphatic heterocycles. The molecule has 136 valence electrons. The third kappa shape index (κ3) is 3.17. The van der Waals surface area contributed by atoms with E-state index in [-0.39, 0.29) is 5.97 Å². The van der Waals surface area contributed by atoms with E-state index in [9.17, 15) is 4.79 Å². The number of benzene rings is 1. The van der Waals surface area contributed by atoms with E-state index in [1.807, 2.05) is 22.4 Å². The Kier molecular flexibility index (Phi) is 4.60. The molecule has 3 heterocycles. The lowest BCUT2D eigenvalue weighted by atomic mass is 10.2. The average Bonchev–Trinajstić information content (AvgIpc) is 3.37. The highest BCUT2D eigenvalue weighted by atomic mass is 32.1. The van der Waals surface area contributed by atoms with Crippen LogP contribution < -0.4 is 14.4 Å². The van der Waals surface area contributed by atoms with Crippen molar-refractivity contribution in [2.45, 2.75) is 18.9 Å². The normalized spacial score (nSPS) is 16.3. The second-order valence-electron chi connectivity index (χ2n) is 6.09. The summed E-state index contributed by atoms with van der Waals surface area (Å²) in [5, 5.41) is 11.9. The molecule has 2 aromatic heterocycles. The Morgan fingerprint density at radius 2 is 2.22 bits per heavy atom. The fraction of sp³-hybridized carbons (Fsp3) is 0.263. The molecule has 1 fully saturated rings. The number of nitrogens with zero attached hydrogens (tertiary/aromatic N) is 4. The molecular formula is C19H16N4O3S. The van der Waals surface area contributed by atoms with Crippen molar-refractivity contribution in [1.82, 2.24) is 9.97 Å². The van der Waals surface area contributed by atoms with E-state index in [1.165, 1.54) is 13.4 Å². The minimum Gasteiger partial charge on any atom is -0.493 e. The van der Waals surface area contributed by atoms with Gasteiger partial charge in [0.05, 0.1) is 24.1 Å². The van der Waals surface area contributed by atoms with Crippen molar-refractivity contribution >= 4 is 33.3 Å². The van der Waals surface area contributed by atoms with Gasteiger partial charge >= 0.3 is 5.97 Å². The summed E-state index contributed by atoms with van der Waals surface area (Å²) in [6.45, 7) is 0.728. The molecule has 1 aromatic carbocycles. The molecule has 1 unspecified atom stereocenters. The molecule has 27 heavy (non-hydrogen) atoms. The van der Waals surface area contributed by atoms with Gasteiger partial charge in [0.2, 0.25) is 0 Å². The van der Waals surface area contributed by atoms with Crippen molar-refractivity contribution < 1.29 is 14.3 Å². The van der Waals surface area contributed by atoms with Crippen molar-refractivity contribution in [3.63, 3.8) is 0 Å². The number of fused-ring (bicyclic) bond motifs is 1. The average molecular weight is 380 g/mol. The first-order valence-electron chi connectivity index (χ1n) is 8.46. The molecule has 3 aromatic rings. The summed E-state index contributed by atoms with van der Waals surface area (Å²) in [6, 6.07) is 8.31. The standard InChI is InChI=1S/C19H16N4O3S/c1-25-16-9-12(10-20)4-5-15(16)26-19(24)14-3-2-7-23(14)17-13-6-8-27-18(13)22-11-21-17/h4-6,8-9,11,14H,2-3,7H2,1H3. The number of esters is 1. The quantitative estimate of drug-likeness (QED) is 0.507. The van der Waals surface area contributed by atoms with Crippen LogP contribution in [-0.4, -0.2) is 35.6 Å². The van der Waals surface area contributed by atoms with Gasteiger partial charge in [-0.2, -0.15) is 5.26 Å². The summed E-state index contributed by atoms with van der Waals surface area (Å²) in [6.07, 6.45) is 3.09. The minimum absolute atomic E-state index is 0.303. The lowest BCUT2D eigenvalue weighted by Crippen LogP contribution is -2.39. The number of carbonyl (C=O) groups is 1. The van der Waals surface area contributed by atoms with Crippen molar-refractivity contribution in [2.24, 2.45) is 0 Å². The van der Waals surface area contributed by atoms with E-state index in [2.05, 4.69) is 9.97 Å². The zero-order valence-corrected chi connectivity index (χ0v) is 15.4. The third-order valence-corrected chi connectivity index (χ3v) is 5.36. The van der Waals surface area contributed by atoms with Crippen LogP contribution in [0.3, 0.4) is 0 Å². The first kappa shape index (κ1) is 17.2. The van der Waals surface area contributed by atoms with Gasteiger partial charge in [-0.05, 0) is 36.4 Å². The molecule has 0 aliphatic carbocycles. The molecule has 0 amide bonds. The first-order chi connectivity index (χ1) is 13.2. The zero-order chi connectivity index (χ0) is 18.8. The summed E-state index contributed by atoms with van der Waals surface area (Å²) in [7, 11) is 1.48. The van der Waals surface area contributed by atoms with Gasteiger partial charge in [0.1, 0.15) is 23.0 Å². The number of aromatic nitrogens is 2. The fourth-order valence-electron chi connectivity index (χ4n) is 3.27. The van der Waals surface area contributed by atoms with Crippen LogP contribution in [0.15, 0.2) is 36.0 Å². The van der Waals surface area contributed by atoms with E-state index < -0.39 is 6.04 Å². The molecular weight excluding hydrogens is 364 g/mol. The Bertz CT molecular complexity index is 1040. The van der Waals surface area contributed by atoms with Crippen LogP contribution >= 0.6 is 11.3 Å². The second kappa shape index (κ2) is 7.21. The van der Waals surface area contributed by atoms with Crippen LogP contribution in [0.1, 0.15) is 18.4 Å². The van der Waals surface area contributed by atoms with Crippen molar-refractivity contribution in [3.05, 3.63) is 41.5 Å². The highest BCUT2D eigenvalue weighted by molar-refractivity contribution is 7.16. The SMILES string of the molecule is COc1cc(C#N)ccc1OC(=O)C1CCCN1c1ncnc2sccc12. The lowest BCUT2D eigenvalue weighted by molar-refractivity contribution is -0.135. The van der Waals surface area contributed by atoms with E-state index in [4.69, 9.17) is 14.7 Å². The zero-order valence-electron chi connectivity index (χ0n) is 14.6. The maximum atomic E-state index is 12.9. The molecule has 1 saturated heterocycles. The topological polar surface area (TPSA) is 88.3 Å². The van der Waals surface area contributed by atoms with Crippen LogP contribution in [0.25, 0.3) is 10.2 Å². The third-order valence-electron chi connectivity index (χ3n) is 4.54. The van der Waals surface area contributed by atoms with Crippen LogP contribution in [0.4, 0.5) is 5.82 Å². The summed E-state index contributed by atoms with van der Waals surface area (Å²) in [5.41, 5.74) is 0.440. The fourth-order valence-corrected chi connectivity index (χ4v) is 4.00. The van der Waals surface area contributed by atoms with E-state index >= 15 is 0 Å². The second-order valence-corrected chi connectivity index (χ2v) is 6.98. The van der Waals surface area contributed by atoms with Gasteiger partial charge in [0.15, 0.2) is 11.5 Å². The van der Waals surface area contributed by atoms with E-state index in [0.717, 1.165) is 29.0 Å². The molecule has 0 radical (unpaired) electrons. The molecule has 0 spiro atoms. The van der Waals surface area contributed by atoms with Crippen LogP contribution in [0, 0.1) is 11.3 Å². The Hall–Kier alpha value is -3.18. The Balaban J connectivity index is 1.60. The summed E-state index contributed by atoms with van der Waals surface area (Å²) in [4.78, 5) is 24.4. The molecule has 1 aliphatic rings. The van der Waals surface area contributed by atoms with Crippen molar-refractivity contribution in [3.8, 4) is 17.6 Å². The summed E-state index contributed by atoms with van der Waals surface area (Å²) in [5.74, 6) is 1.05. The number of methoxy groups -OCH3 is 1. The van der Waals surface area contributed by atoms with Gasteiger partial charge in [-0.25, -0.2) is 14.8 Å². The largest absolute Gasteiger partial charge is 0.493 e. The number of hydrogen-bond acceptors (Lipinski definition) is 8. The van der Waals surface area contributed by atoms with Gasteiger partial charge < -0.3 is 14.4 Å². The molecule has 0 N–H and O–H groups in total. The summed E-state index contributed by atoms with van der Waals surface area (Å²) < 4.78 is 10.9. The number of carbonyl (C=O) groups excluding carboxylic acids is 1. The Morgan fingerprint density at radius 3 is 3.04 bits per heavy atom. The number of hydrogen-bond donors (Lipinski definition) is 0. The predicted octanol–water partition coefficient (Wildman–Crippen LogP) is 3.15. The number of nitriles is 1. The molecule has 0 bridgehead atoms. The lowest BCUT2D eigenvalue weighted by Gasteiger charge is -2.24.